The number of halogens is 3. The van der Waals surface area contributed by atoms with Crippen LogP contribution in [0.25, 0.3) is 0 Å². The number of nitrogens with one attached hydrogen (secondary N) is 2. The van der Waals surface area contributed by atoms with E-state index in [1.807, 2.05) is 13.8 Å². The second kappa shape index (κ2) is 7.49. The van der Waals surface area contributed by atoms with E-state index in [2.05, 4.69) is 10.6 Å². The van der Waals surface area contributed by atoms with Gasteiger partial charge >= 0.3 is 6.18 Å². The van der Waals surface area contributed by atoms with Crippen LogP contribution in [0.2, 0.25) is 0 Å². The van der Waals surface area contributed by atoms with E-state index in [-0.39, 0.29) is 31.5 Å². The molecule has 0 bridgehead atoms. The Morgan fingerprint density at radius 1 is 1.31 bits per heavy atom. The molecule has 0 rings (SSSR count). The fourth-order valence-electron chi connectivity index (χ4n) is 1.01. The van der Waals surface area contributed by atoms with Gasteiger partial charge in [-0.05, 0) is 13.3 Å². The van der Waals surface area contributed by atoms with Crippen molar-refractivity contribution in [2.24, 2.45) is 0 Å². The first-order valence-electron chi connectivity index (χ1n) is 5.42. The van der Waals surface area contributed by atoms with Gasteiger partial charge < -0.3 is 10.6 Å². The molecule has 0 aliphatic carbocycles. The molecule has 96 valence electrons. The molecule has 0 aromatic rings. The maximum atomic E-state index is 11.7. The number of hydrogen-bond donors (Lipinski definition) is 2. The van der Waals surface area contributed by atoms with Crippen LogP contribution in [0.4, 0.5) is 13.2 Å². The lowest BCUT2D eigenvalue weighted by molar-refractivity contribution is -0.133. The Balaban J connectivity index is 3.42. The van der Waals surface area contributed by atoms with Gasteiger partial charge in [-0.2, -0.15) is 13.2 Å². The fraction of sp³-hybridized carbons (Fsp3) is 0.900. The Labute approximate surface area is 93.8 Å². The Morgan fingerprint density at radius 2 is 1.94 bits per heavy atom. The summed E-state index contributed by atoms with van der Waals surface area (Å²) in [6.07, 6.45) is -3.94. The zero-order valence-corrected chi connectivity index (χ0v) is 9.66. The Morgan fingerprint density at radius 3 is 2.44 bits per heavy atom. The summed E-state index contributed by atoms with van der Waals surface area (Å²) in [5.41, 5.74) is 0. The van der Waals surface area contributed by atoms with Crippen molar-refractivity contribution in [3.63, 3.8) is 0 Å². The summed E-state index contributed by atoms with van der Waals surface area (Å²) in [7, 11) is 0. The fourth-order valence-corrected chi connectivity index (χ4v) is 1.01. The highest BCUT2D eigenvalue weighted by Crippen LogP contribution is 2.17. The summed E-state index contributed by atoms with van der Waals surface area (Å²) in [5.74, 6) is -0.131. The van der Waals surface area contributed by atoms with Crippen molar-refractivity contribution >= 4 is 5.91 Å². The van der Waals surface area contributed by atoms with Crippen molar-refractivity contribution in [2.45, 2.75) is 45.3 Å². The van der Waals surface area contributed by atoms with Crippen LogP contribution < -0.4 is 10.6 Å². The van der Waals surface area contributed by atoms with Crippen LogP contribution in [0.1, 0.15) is 33.1 Å². The Kier molecular flexibility index (Phi) is 7.12. The molecule has 6 heteroatoms. The zero-order chi connectivity index (χ0) is 12.6. The molecule has 0 spiro atoms. The van der Waals surface area contributed by atoms with Crippen molar-refractivity contribution in [1.29, 1.82) is 0 Å². The van der Waals surface area contributed by atoms with Crippen LogP contribution in [-0.2, 0) is 4.79 Å². The Bertz CT molecular complexity index is 207. The quantitative estimate of drug-likeness (QED) is 0.667. The van der Waals surface area contributed by atoms with Crippen LogP contribution in [0.15, 0.2) is 0 Å². The average Bonchev–Trinajstić information content (AvgIpc) is 2.15. The maximum Gasteiger partial charge on any atom is 0.390 e. The number of amides is 1. The summed E-state index contributed by atoms with van der Waals surface area (Å²) in [6, 6.07) is 0.114. The first-order valence-corrected chi connectivity index (χ1v) is 5.42. The molecule has 0 radical (unpaired) electrons. The lowest BCUT2D eigenvalue weighted by Crippen LogP contribution is -2.34. The van der Waals surface area contributed by atoms with Gasteiger partial charge in [0, 0.05) is 25.6 Å². The summed E-state index contributed by atoms with van der Waals surface area (Å²) in [6.45, 7) is 3.97. The minimum absolute atomic E-state index is 0.114. The van der Waals surface area contributed by atoms with E-state index in [0.717, 1.165) is 6.42 Å². The molecule has 1 amide bonds. The summed E-state index contributed by atoms with van der Waals surface area (Å²) in [5, 5.41) is 5.32. The molecule has 3 nitrogen and oxygen atoms in total. The molecule has 0 saturated heterocycles. The van der Waals surface area contributed by atoms with Crippen molar-refractivity contribution in [3.8, 4) is 0 Å². The molecule has 0 fully saturated rings. The standard InChI is InChI=1S/C10H19F3N2O/c1-3-8(2)15-9(16)4-6-14-7-5-10(11,12)13/h8,14H,3-7H2,1-2H3,(H,15,16). The van der Waals surface area contributed by atoms with Crippen LogP contribution in [-0.4, -0.2) is 31.2 Å². The van der Waals surface area contributed by atoms with E-state index < -0.39 is 12.6 Å². The van der Waals surface area contributed by atoms with Crippen molar-refractivity contribution in [2.75, 3.05) is 13.1 Å². The van der Waals surface area contributed by atoms with Crippen LogP contribution >= 0.6 is 0 Å². The van der Waals surface area contributed by atoms with Gasteiger partial charge in [0.05, 0.1) is 6.42 Å². The molecule has 0 saturated carbocycles. The van der Waals surface area contributed by atoms with Crippen LogP contribution in [0.5, 0.6) is 0 Å². The SMILES string of the molecule is CCC(C)NC(=O)CCNCCC(F)(F)F. The van der Waals surface area contributed by atoms with Gasteiger partial charge in [0.1, 0.15) is 0 Å². The molecule has 1 atom stereocenters. The third-order valence-electron chi connectivity index (χ3n) is 2.13. The molecule has 0 aromatic carbocycles. The second-order valence-electron chi connectivity index (χ2n) is 3.74. The normalized spacial score (nSPS) is 13.6. The maximum absolute atomic E-state index is 11.7. The van der Waals surface area contributed by atoms with Gasteiger partial charge in [-0.15, -0.1) is 0 Å². The number of carbonyl (C=O) groups excluding carboxylic acids is 1. The van der Waals surface area contributed by atoms with Gasteiger partial charge in [-0.25, -0.2) is 0 Å². The number of rotatable bonds is 7. The minimum Gasteiger partial charge on any atom is -0.354 e. The largest absolute Gasteiger partial charge is 0.390 e. The summed E-state index contributed by atoms with van der Waals surface area (Å²) < 4.78 is 35.2. The topological polar surface area (TPSA) is 41.1 Å². The third-order valence-corrected chi connectivity index (χ3v) is 2.13. The monoisotopic (exact) mass is 240 g/mol. The number of hydrogen-bond acceptors (Lipinski definition) is 2. The molecular formula is C10H19F3N2O. The highest BCUT2D eigenvalue weighted by Gasteiger charge is 2.25. The molecular weight excluding hydrogens is 221 g/mol. The molecule has 1 unspecified atom stereocenters. The van der Waals surface area contributed by atoms with Crippen molar-refractivity contribution in [3.05, 3.63) is 0 Å². The predicted molar refractivity (Wildman–Crippen MR) is 56.1 cm³/mol. The second-order valence-corrected chi connectivity index (χ2v) is 3.74. The van der Waals surface area contributed by atoms with E-state index in [1.54, 1.807) is 0 Å². The van der Waals surface area contributed by atoms with Crippen LogP contribution in [0, 0.1) is 0 Å². The number of carbonyl (C=O) groups is 1. The van der Waals surface area contributed by atoms with Gasteiger partial charge in [-0.1, -0.05) is 6.92 Å². The van der Waals surface area contributed by atoms with Gasteiger partial charge in [0.25, 0.3) is 0 Å². The van der Waals surface area contributed by atoms with Crippen molar-refractivity contribution in [1.82, 2.24) is 10.6 Å². The van der Waals surface area contributed by atoms with Gasteiger partial charge in [-0.3, -0.25) is 4.79 Å². The van der Waals surface area contributed by atoms with E-state index in [4.69, 9.17) is 0 Å². The molecule has 16 heavy (non-hydrogen) atoms. The molecule has 0 aliphatic rings. The first-order chi connectivity index (χ1) is 7.35. The predicted octanol–water partition coefficient (Wildman–Crippen LogP) is 1.83. The van der Waals surface area contributed by atoms with E-state index in [9.17, 15) is 18.0 Å². The highest BCUT2D eigenvalue weighted by atomic mass is 19.4. The lowest BCUT2D eigenvalue weighted by Gasteiger charge is -2.11. The lowest BCUT2D eigenvalue weighted by atomic mass is 10.2. The first kappa shape index (κ1) is 15.2. The van der Waals surface area contributed by atoms with E-state index in [1.165, 1.54) is 0 Å². The van der Waals surface area contributed by atoms with Crippen LogP contribution in [0.3, 0.4) is 0 Å². The average molecular weight is 240 g/mol. The molecule has 0 heterocycles. The molecule has 0 aromatic heterocycles. The zero-order valence-electron chi connectivity index (χ0n) is 9.66. The highest BCUT2D eigenvalue weighted by molar-refractivity contribution is 5.76. The number of alkyl halides is 3. The minimum atomic E-state index is -4.13. The smallest absolute Gasteiger partial charge is 0.354 e. The van der Waals surface area contributed by atoms with Gasteiger partial charge in [0.15, 0.2) is 0 Å². The van der Waals surface area contributed by atoms with Crippen molar-refractivity contribution < 1.29 is 18.0 Å². The van der Waals surface area contributed by atoms with E-state index >= 15 is 0 Å². The molecule has 0 aliphatic heterocycles. The third kappa shape index (κ3) is 9.76. The Hall–Kier alpha value is -0.780. The summed E-state index contributed by atoms with van der Waals surface area (Å²) in [4.78, 5) is 11.2. The summed E-state index contributed by atoms with van der Waals surface area (Å²) >= 11 is 0. The van der Waals surface area contributed by atoms with Gasteiger partial charge in [0.2, 0.25) is 5.91 Å². The van der Waals surface area contributed by atoms with E-state index in [0.29, 0.717) is 0 Å². The molecule has 2 N–H and O–H groups in total.